The lowest BCUT2D eigenvalue weighted by atomic mass is 10.1. The molecule has 0 radical (unpaired) electrons. The number of halogens is 1. The lowest BCUT2D eigenvalue weighted by molar-refractivity contribution is -0.119. The number of rotatable bonds is 11. The first-order valence-corrected chi connectivity index (χ1v) is 12.1. The Balaban J connectivity index is 1.58. The van der Waals surface area contributed by atoms with Crippen LogP contribution in [0.5, 0.6) is 11.5 Å². The van der Waals surface area contributed by atoms with Gasteiger partial charge in [-0.25, -0.2) is 0 Å². The first-order valence-electron chi connectivity index (χ1n) is 10.5. The van der Waals surface area contributed by atoms with Gasteiger partial charge in [-0.1, -0.05) is 36.2 Å². The summed E-state index contributed by atoms with van der Waals surface area (Å²) in [6.45, 7) is 0.135. The van der Waals surface area contributed by atoms with Gasteiger partial charge in [0.15, 0.2) is 23.3 Å². The number of nitrogens with zero attached hydrogens (tertiary/aromatic N) is 3. The van der Waals surface area contributed by atoms with Crippen LogP contribution in [0.15, 0.2) is 17.3 Å². The van der Waals surface area contributed by atoms with Crippen molar-refractivity contribution in [3.63, 3.8) is 0 Å². The number of benzene rings is 1. The molecule has 1 aliphatic rings. The van der Waals surface area contributed by atoms with Crippen molar-refractivity contribution >= 4 is 35.2 Å². The Morgan fingerprint density at radius 3 is 2.72 bits per heavy atom. The van der Waals surface area contributed by atoms with Crippen LogP contribution in [0.3, 0.4) is 0 Å². The summed E-state index contributed by atoms with van der Waals surface area (Å²) in [5, 5.41) is 12.7. The SMILES string of the molecule is COc1cc(C(=O)NCCCc2nnc(SC)n2C2CCCC2)cc(Cl)c1OCC(N)=O. The van der Waals surface area contributed by atoms with E-state index in [0.29, 0.717) is 18.2 Å². The number of methoxy groups -OCH3 is 1. The fourth-order valence-corrected chi connectivity index (χ4v) is 4.67. The summed E-state index contributed by atoms with van der Waals surface area (Å²) in [5.41, 5.74) is 5.43. The van der Waals surface area contributed by atoms with Crippen LogP contribution in [0.2, 0.25) is 5.02 Å². The van der Waals surface area contributed by atoms with Crippen LogP contribution in [0, 0.1) is 0 Å². The van der Waals surface area contributed by atoms with Crippen molar-refractivity contribution in [1.29, 1.82) is 0 Å². The van der Waals surface area contributed by atoms with E-state index < -0.39 is 5.91 Å². The van der Waals surface area contributed by atoms with Gasteiger partial charge in [0, 0.05) is 24.6 Å². The molecule has 0 spiro atoms. The minimum absolute atomic E-state index is 0.157. The number of amides is 2. The topological polar surface area (TPSA) is 121 Å². The van der Waals surface area contributed by atoms with E-state index in [-0.39, 0.29) is 29.0 Å². The van der Waals surface area contributed by atoms with Gasteiger partial charge in [-0.2, -0.15) is 0 Å². The number of aromatic nitrogens is 3. The van der Waals surface area contributed by atoms with E-state index in [9.17, 15) is 9.59 Å². The third kappa shape index (κ3) is 5.86. The van der Waals surface area contributed by atoms with Crippen molar-refractivity contribution < 1.29 is 19.1 Å². The molecule has 1 heterocycles. The first kappa shape index (κ1) is 24.2. The van der Waals surface area contributed by atoms with Gasteiger partial charge in [-0.05, 0) is 37.7 Å². The van der Waals surface area contributed by atoms with Crippen LogP contribution >= 0.6 is 23.4 Å². The van der Waals surface area contributed by atoms with E-state index in [1.165, 1.54) is 32.1 Å². The second kappa shape index (κ2) is 11.4. The van der Waals surface area contributed by atoms with Crippen LogP contribution in [-0.4, -0.2) is 53.1 Å². The molecule has 2 amide bonds. The highest BCUT2D eigenvalue weighted by atomic mass is 35.5. The first-order chi connectivity index (χ1) is 15.4. The molecule has 3 rings (SSSR count). The van der Waals surface area contributed by atoms with Gasteiger partial charge in [0.25, 0.3) is 11.8 Å². The Labute approximate surface area is 196 Å². The van der Waals surface area contributed by atoms with E-state index in [1.54, 1.807) is 11.8 Å². The maximum absolute atomic E-state index is 12.6. The molecule has 0 aliphatic heterocycles. The molecule has 0 atom stereocenters. The predicted octanol–water partition coefficient (Wildman–Crippen LogP) is 3.00. The molecule has 3 N–H and O–H groups in total. The average molecular weight is 482 g/mol. The number of nitrogens with two attached hydrogens (primary N) is 1. The highest BCUT2D eigenvalue weighted by Crippen LogP contribution is 2.36. The molecule has 1 aromatic carbocycles. The van der Waals surface area contributed by atoms with E-state index in [1.807, 2.05) is 6.26 Å². The second-order valence-electron chi connectivity index (χ2n) is 7.52. The van der Waals surface area contributed by atoms with Gasteiger partial charge in [0.2, 0.25) is 0 Å². The smallest absolute Gasteiger partial charge is 0.255 e. The van der Waals surface area contributed by atoms with Crippen molar-refractivity contribution in [2.24, 2.45) is 5.73 Å². The number of hydrogen-bond donors (Lipinski definition) is 2. The summed E-state index contributed by atoms with van der Waals surface area (Å²) in [4.78, 5) is 23.6. The molecular weight excluding hydrogens is 454 g/mol. The van der Waals surface area contributed by atoms with E-state index >= 15 is 0 Å². The highest BCUT2D eigenvalue weighted by Gasteiger charge is 2.23. The zero-order chi connectivity index (χ0) is 23.1. The number of carbonyl (C=O) groups is 2. The third-order valence-corrected chi connectivity index (χ3v) is 6.24. The maximum Gasteiger partial charge on any atom is 0.255 e. The summed E-state index contributed by atoms with van der Waals surface area (Å²) < 4.78 is 12.8. The van der Waals surface area contributed by atoms with E-state index in [0.717, 1.165) is 36.7 Å². The van der Waals surface area contributed by atoms with Crippen molar-refractivity contribution in [2.45, 2.75) is 49.7 Å². The Kier molecular flexibility index (Phi) is 8.63. The zero-order valence-electron chi connectivity index (χ0n) is 18.2. The summed E-state index contributed by atoms with van der Waals surface area (Å²) in [5.74, 6) is 0.460. The van der Waals surface area contributed by atoms with E-state index in [2.05, 4.69) is 20.1 Å². The van der Waals surface area contributed by atoms with Gasteiger partial charge in [-0.15, -0.1) is 10.2 Å². The molecule has 1 aromatic heterocycles. The number of carbonyl (C=O) groups excluding carboxylic acids is 2. The Hall–Kier alpha value is -2.46. The Morgan fingerprint density at radius 2 is 2.06 bits per heavy atom. The molecule has 0 saturated heterocycles. The van der Waals surface area contributed by atoms with Gasteiger partial charge < -0.3 is 25.1 Å². The predicted molar refractivity (Wildman–Crippen MR) is 123 cm³/mol. The summed E-state index contributed by atoms with van der Waals surface area (Å²) in [7, 11) is 1.42. The molecule has 1 fully saturated rings. The van der Waals surface area contributed by atoms with Crippen LogP contribution in [0.4, 0.5) is 0 Å². The van der Waals surface area contributed by atoms with Crippen molar-refractivity contribution in [3.8, 4) is 11.5 Å². The van der Waals surface area contributed by atoms with Crippen LogP contribution in [0.1, 0.15) is 54.3 Å². The summed E-state index contributed by atoms with van der Waals surface area (Å²) in [6, 6.07) is 3.46. The Morgan fingerprint density at radius 1 is 1.31 bits per heavy atom. The highest BCUT2D eigenvalue weighted by molar-refractivity contribution is 7.98. The number of thioether (sulfide) groups is 1. The largest absolute Gasteiger partial charge is 0.493 e. The number of ether oxygens (including phenoxy) is 2. The van der Waals surface area contributed by atoms with Crippen LogP contribution < -0.4 is 20.5 Å². The fourth-order valence-electron chi connectivity index (χ4n) is 3.83. The number of nitrogens with one attached hydrogen (secondary N) is 1. The lowest BCUT2D eigenvalue weighted by Crippen LogP contribution is -2.25. The fraction of sp³-hybridized carbons (Fsp3) is 0.524. The van der Waals surface area contributed by atoms with Gasteiger partial charge in [0.1, 0.15) is 5.82 Å². The third-order valence-electron chi connectivity index (χ3n) is 5.32. The molecule has 174 valence electrons. The molecule has 1 aliphatic carbocycles. The zero-order valence-corrected chi connectivity index (χ0v) is 19.8. The summed E-state index contributed by atoms with van der Waals surface area (Å²) in [6.07, 6.45) is 8.29. The van der Waals surface area contributed by atoms with Gasteiger partial charge in [-0.3, -0.25) is 9.59 Å². The monoisotopic (exact) mass is 481 g/mol. The van der Waals surface area contributed by atoms with Crippen molar-refractivity contribution in [3.05, 3.63) is 28.5 Å². The molecular formula is C21H28ClN5O4S. The van der Waals surface area contributed by atoms with Gasteiger partial charge in [0.05, 0.1) is 12.1 Å². The molecule has 0 unspecified atom stereocenters. The average Bonchev–Trinajstić information content (AvgIpc) is 3.44. The quantitative estimate of drug-likeness (QED) is 0.373. The second-order valence-corrected chi connectivity index (χ2v) is 8.70. The molecule has 11 heteroatoms. The maximum atomic E-state index is 12.6. The number of aryl methyl sites for hydroxylation is 1. The molecule has 2 aromatic rings. The summed E-state index contributed by atoms with van der Waals surface area (Å²) >= 11 is 7.84. The standard InChI is InChI=1S/C21H28ClN5O4S/c1-30-16-11-13(10-15(22)19(16)31-12-17(23)28)20(29)24-9-5-8-18-25-26-21(32-2)27(18)14-6-3-4-7-14/h10-11,14H,3-9,12H2,1-2H3,(H2,23,28)(H,24,29). The van der Waals surface area contributed by atoms with Crippen molar-refractivity contribution in [2.75, 3.05) is 26.5 Å². The van der Waals surface area contributed by atoms with Crippen LogP contribution in [-0.2, 0) is 11.2 Å². The lowest BCUT2D eigenvalue weighted by Gasteiger charge is -2.16. The minimum Gasteiger partial charge on any atom is -0.493 e. The molecule has 0 bridgehead atoms. The molecule has 9 nitrogen and oxygen atoms in total. The van der Waals surface area contributed by atoms with Crippen molar-refractivity contribution in [1.82, 2.24) is 20.1 Å². The number of primary amides is 1. The number of hydrogen-bond acceptors (Lipinski definition) is 7. The molecule has 32 heavy (non-hydrogen) atoms. The van der Waals surface area contributed by atoms with E-state index in [4.69, 9.17) is 26.8 Å². The molecule has 1 saturated carbocycles. The minimum atomic E-state index is -0.640. The Bertz CT molecular complexity index is 962. The van der Waals surface area contributed by atoms with Crippen LogP contribution in [0.25, 0.3) is 0 Å². The normalized spacial score (nSPS) is 13.8. The van der Waals surface area contributed by atoms with Gasteiger partial charge >= 0.3 is 0 Å².